The number of rotatable bonds is 4. The first-order valence-electron chi connectivity index (χ1n) is 5.18. The van der Waals surface area contributed by atoms with Crippen LogP contribution in [0.25, 0.3) is 6.08 Å². The molecular formula is C13H9NO4. The number of carbonyl (C=O) groups is 1. The summed E-state index contributed by atoms with van der Waals surface area (Å²) in [5.41, 5.74) is -0.247. The molecule has 2 rings (SSSR count). The van der Waals surface area contributed by atoms with Gasteiger partial charge in [-0.25, -0.2) is 0 Å². The summed E-state index contributed by atoms with van der Waals surface area (Å²) in [4.78, 5) is 22.2. The first-order chi connectivity index (χ1) is 8.68. The van der Waals surface area contributed by atoms with Crippen molar-refractivity contribution in [1.29, 1.82) is 0 Å². The molecule has 0 saturated carbocycles. The molecule has 1 aromatic heterocycles. The number of ketones is 1. The number of benzene rings is 1. The molecular weight excluding hydrogens is 234 g/mol. The van der Waals surface area contributed by atoms with Crippen LogP contribution in [0.5, 0.6) is 0 Å². The van der Waals surface area contributed by atoms with E-state index in [4.69, 9.17) is 4.42 Å². The average Bonchev–Trinajstić information content (AvgIpc) is 2.89. The Morgan fingerprint density at radius 3 is 2.44 bits per heavy atom. The summed E-state index contributed by atoms with van der Waals surface area (Å²) in [6.45, 7) is 0. The number of hydrogen-bond donors (Lipinski definition) is 0. The predicted octanol–water partition coefficient (Wildman–Crippen LogP) is 2.78. The fourth-order valence-electron chi connectivity index (χ4n) is 1.45. The highest BCUT2D eigenvalue weighted by atomic mass is 16.6. The van der Waals surface area contributed by atoms with Gasteiger partial charge < -0.3 is 4.42 Å². The van der Waals surface area contributed by atoms with Gasteiger partial charge in [0.15, 0.2) is 0 Å². The number of furan rings is 1. The first kappa shape index (κ1) is 11.8. The van der Waals surface area contributed by atoms with E-state index < -0.39 is 16.4 Å². The third-order valence-electron chi connectivity index (χ3n) is 2.29. The van der Waals surface area contributed by atoms with Crippen LogP contribution in [0.2, 0.25) is 0 Å². The van der Waals surface area contributed by atoms with Crippen molar-refractivity contribution >= 4 is 11.9 Å². The number of hydrogen-bond acceptors (Lipinski definition) is 4. The summed E-state index contributed by atoms with van der Waals surface area (Å²) in [5, 5.41) is 10.9. The van der Waals surface area contributed by atoms with E-state index >= 15 is 0 Å². The highest BCUT2D eigenvalue weighted by molar-refractivity contribution is 6.09. The molecule has 0 aliphatic heterocycles. The number of nitro groups is 1. The van der Waals surface area contributed by atoms with Gasteiger partial charge in [-0.05, 0) is 12.1 Å². The van der Waals surface area contributed by atoms with E-state index in [0.29, 0.717) is 0 Å². The molecule has 0 aliphatic rings. The van der Waals surface area contributed by atoms with Crippen molar-refractivity contribution in [2.45, 2.75) is 0 Å². The fourth-order valence-corrected chi connectivity index (χ4v) is 1.45. The van der Waals surface area contributed by atoms with Crippen LogP contribution in [0.4, 0.5) is 0 Å². The van der Waals surface area contributed by atoms with Gasteiger partial charge in [0, 0.05) is 5.56 Å². The quantitative estimate of drug-likeness (QED) is 0.358. The minimum atomic E-state index is -0.710. The van der Waals surface area contributed by atoms with Gasteiger partial charge in [-0.1, -0.05) is 30.3 Å². The SMILES string of the molecule is O=C(C(=Cc1ccco1)[N+](=O)[O-])c1ccccc1. The van der Waals surface area contributed by atoms with Crippen molar-refractivity contribution < 1.29 is 14.1 Å². The van der Waals surface area contributed by atoms with Crippen molar-refractivity contribution in [3.05, 3.63) is 75.9 Å². The Bertz CT molecular complexity index is 585. The van der Waals surface area contributed by atoms with Gasteiger partial charge in [-0.15, -0.1) is 0 Å². The number of carbonyl (C=O) groups excluding carboxylic acids is 1. The molecule has 1 heterocycles. The molecule has 90 valence electrons. The predicted molar refractivity (Wildman–Crippen MR) is 64.5 cm³/mol. The van der Waals surface area contributed by atoms with E-state index in [0.717, 1.165) is 6.08 Å². The summed E-state index contributed by atoms with van der Waals surface area (Å²) < 4.78 is 4.97. The molecule has 0 spiro atoms. The van der Waals surface area contributed by atoms with Gasteiger partial charge in [0.1, 0.15) is 5.76 Å². The van der Waals surface area contributed by atoms with Crippen molar-refractivity contribution in [2.24, 2.45) is 0 Å². The van der Waals surface area contributed by atoms with Crippen LogP contribution in [0.3, 0.4) is 0 Å². The Morgan fingerprint density at radius 1 is 1.17 bits per heavy atom. The second-order valence-electron chi connectivity index (χ2n) is 3.50. The van der Waals surface area contributed by atoms with E-state index in [1.165, 1.54) is 18.4 Å². The first-order valence-corrected chi connectivity index (χ1v) is 5.18. The Labute approximate surface area is 103 Å². The summed E-state index contributed by atoms with van der Waals surface area (Å²) in [6.07, 6.45) is 2.51. The maximum absolute atomic E-state index is 12.0. The lowest BCUT2D eigenvalue weighted by atomic mass is 10.1. The summed E-state index contributed by atoms with van der Waals surface area (Å²) >= 11 is 0. The highest BCUT2D eigenvalue weighted by Gasteiger charge is 2.23. The summed E-state index contributed by atoms with van der Waals surface area (Å²) in [6, 6.07) is 11.2. The molecule has 0 radical (unpaired) electrons. The Kier molecular flexibility index (Phi) is 3.33. The Morgan fingerprint density at radius 2 is 1.89 bits per heavy atom. The minimum absolute atomic E-state index is 0.269. The van der Waals surface area contributed by atoms with Gasteiger partial charge in [0.05, 0.1) is 17.3 Å². The molecule has 5 nitrogen and oxygen atoms in total. The van der Waals surface area contributed by atoms with Gasteiger partial charge in [0.2, 0.25) is 0 Å². The largest absolute Gasteiger partial charge is 0.465 e. The van der Waals surface area contributed by atoms with Crippen LogP contribution >= 0.6 is 0 Å². The molecule has 2 aromatic rings. The minimum Gasteiger partial charge on any atom is -0.465 e. The molecule has 0 atom stereocenters. The van der Waals surface area contributed by atoms with Crippen LogP contribution in [0, 0.1) is 10.1 Å². The molecule has 0 saturated heterocycles. The molecule has 0 aliphatic carbocycles. The van der Waals surface area contributed by atoms with Crippen LogP contribution in [0.1, 0.15) is 16.1 Å². The number of nitrogens with zero attached hydrogens (tertiary/aromatic N) is 1. The van der Waals surface area contributed by atoms with Crippen molar-refractivity contribution in [1.82, 2.24) is 0 Å². The molecule has 0 N–H and O–H groups in total. The summed E-state index contributed by atoms with van der Waals surface area (Å²) in [5.74, 6) is -0.372. The zero-order chi connectivity index (χ0) is 13.0. The second kappa shape index (κ2) is 5.09. The smallest absolute Gasteiger partial charge is 0.320 e. The van der Waals surface area contributed by atoms with Gasteiger partial charge in [0.25, 0.3) is 5.78 Å². The molecule has 18 heavy (non-hydrogen) atoms. The molecule has 0 fully saturated rings. The molecule has 5 heteroatoms. The van der Waals surface area contributed by atoms with E-state index in [1.807, 2.05) is 0 Å². The topological polar surface area (TPSA) is 73.3 Å². The normalized spacial score (nSPS) is 11.2. The lowest BCUT2D eigenvalue weighted by molar-refractivity contribution is -0.415. The van der Waals surface area contributed by atoms with Crippen molar-refractivity contribution in [3.63, 3.8) is 0 Å². The monoisotopic (exact) mass is 243 g/mol. The van der Waals surface area contributed by atoms with Gasteiger partial charge in [-0.2, -0.15) is 0 Å². The van der Waals surface area contributed by atoms with Crippen LogP contribution < -0.4 is 0 Å². The van der Waals surface area contributed by atoms with E-state index in [9.17, 15) is 14.9 Å². The second-order valence-corrected chi connectivity index (χ2v) is 3.50. The van der Waals surface area contributed by atoms with Crippen LogP contribution in [-0.4, -0.2) is 10.7 Å². The summed E-state index contributed by atoms with van der Waals surface area (Å²) in [7, 11) is 0. The standard InChI is InChI=1S/C13H9NO4/c15-13(10-5-2-1-3-6-10)12(14(16)17)9-11-7-4-8-18-11/h1-9H. The van der Waals surface area contributed by atoms with Crippen molar-refractivity contribution in [3.8, 4) is 0 Å². The Balaban J connectivity index is 2.38. The lowest BCUT2D eigenvalue weighted by Crippen LogP contribution is -2.11. The molecule has 0 unspecified atom stereocenters. The number of Topliss-reactive ketones (excluding diaryl/α,β-unsaturated/α-hetero) is 1. The van der Waals surface area contributed by atoms with Gasteiger partial charge in [-0.3, -0.25) is 14.9 Å². The van der Waals surface area contributed by atoms with E-state index in [1.54, 1.807) is 30.3 Å². The maximum atomic E-state index is 12.0. The zero-order valence-electron chi connectivity index (χ0n) is 9.28. The van der Waals surface area contributed by atoms with E-state index in [-0.39, 0.29) is 11.3 Å². The molecule has 0 bridgehead atoms. The average molecular weight is 243 g/mol. The van der Waals surface area contributed by atoms with Gasteiger partial charge >= 0.3 is 5.70 Å². The van der Waals surface area contributed by atoms with Crippen molar-refractivity contribution in [2.75, 3.05) is 0 Å². The van der Waals surface area contributed by atoms with E-state index in [2.05, 4.69) is 0 Å². The maximum Gasteiger partial charge on any atom is 0.320 e. The molecule has 1 aromatic carbocycles. The third kappa shape index (κ3) is 2.52. The van der Waals surface area contributed by atoms with Crippen LogP contribution in [-0.2, 0) is 0 Å². The number of allylic oxidation sites excluding steroid dienone is 1. The third-order valence-corrected chi connectivity index (χ3v) is 2.29. The Hall–Kier alpha value is -2.69. The fraction of sp³-hybridized carbons (Fsp3) is 0. The van der Waals surface area contributed by atoms with Crippen LogP contribution in [0.15, 0.2) is 58.8 Å². The molecule has 0 amide bonds. The lowest BCUT2D eigenvalue weighted by Gasteiger charge is -1.97. The highest BCUT2D eigenvalue weighted by Crippen LogP contribution is 2.13. The zero-order valence-corrected chi connectivity index (χ0v) is 9.28.